The van der Waals surface area contributed by atoms with Crippen LogP contribution >= 0.6 is 12.4 Å². The van der Waals surface area contributed by atoms with Crippen LogP contribution in [-0.2, 0) is 0 Å². The number of rotatable bonds is 4. The van der Waals surface area contributed by atoms with Crippen molar-refractivity contribution in [2.24, 2.45) is 17.8 Å². The Balaban J connectivity index is 0.00000162. The molecule has 3 heteroatoms. The number of likely N-dealkylation sites (tertiary alicyclic amines) is 1. The van der Waals surface area contributed by atoms with Crippen molar-refractivity contribution in [1.82, 2.24) is 10.2 Å². The van der Waals surface area contributed by atoms with Crippen molar-refractivity contribution in [2.75, 3.05) is 33.2 Å². The summed E-state index contributed by atoms with van der Waals surface area (Å²) in [5.41, 5.74) is 0. The van der Waals surface area contributed by atoms with Gasteiger partial charge in [-0.15, -0.1) is 12.4 Å². The number of nitrogens with zero attached hydrogens (tertiary/aromatic N) is 1. The van der Waals surface area contributed by atoms with Gasteiger partial charge in [0.2, 0.25) is 0 Å². The normalized spacial score (nSPS) is 34.0. The van der Waals surface area contributed by atoms with Gasteiger partial charge < -0.3 is 10.2 Å². The maximum Gasteiger partial charge on any atom is 0.00219 e. The third-order valence-corrected chi connectivity index (χ3v) is 4.75. The van der Waals surface area contributed by atoms with E-state index in [2.05, 4.69) is 24.2 Å². The van der Waals surface area contributed by atoms with Crippen LogP contribution < -0.4 is 5.32 Å². The highest BCUT2D eigenvalue weighted by atomic mass is 35.5. The highest BCUT2D eigenvalue weighted by Gasteiger charge is 2.24. The lowest BCUT2D eigenvalue weighted by molar-refractivity contribution is 0.130. The lowest BCUT2D eigenvalue weighted by Gasteiger charge is -2.36. The predicted octanol–water partition coefficient (Wildman–Crippen LogP) is 3.17. The summed E-state index contributed by atoms with van der Waals surface area (Å²) in [6.45, 7) is 7.70. The minimum absolute atomic E-state index is 0. The zero-order valence-corrected chi connectivity index (χ0v) is 13.0. The third kappa shape index (κ3) is 5.07. The molecule has 1 aliphatic carbocycles. The summed E-state index contributed by atoms with van der Waals surface area (Å²) < 4.78 is 0. The lowest BCUT2D eigenvalue weighted by Crippen LogP contribution is -2.41. The van der Waals surface area contributed by atoms with E-state index in [1.807, 2.05) is 0 Å². The van der Waals surface area contributed by atoms with E-state index in [1.54, 1.807) is 0 Å². The van der Waals surface area contributed by atoms with Crippen molar-refractivity contribution in [1.29, 1.82) is 0 Å². The summed E-state index contributed by atoms with van der Waals surface area (Å²) in [4.78, 5) is 2.74. The van der Waals surface area contributed by atoms with E-state index in [-0.39, 0.29) is 12.4 Å². The molecule has 0 aromatic rings. The molecule has 0 aromatic heterocycles. The molecule has 0 amide bonds. The smallest absolute Gasteiger partial charge is 0.00219 e. The molecule has 2 fully saturated rings. The van der Waals surface area contributed by atoms with Gasteiger partial charge in [0.1, 0.15) is 0 Å². The molecule has 1 unspecified atom stereocenters. The summed E-state index contributed by atoms with van der Waals surface area (Å²) in [5, 5.41) is 3.34. The monoisotopic (exact) mass is 274 g/mol. The second kappa shape index (κ2) is 8.39. The first-order valence-corrected chi connectivity index (χ1v) is 7.65. The first-order chi connectivity index (χ1) is 8.28. The Kier molecular flexibility index (Phi) is 7.59. The van der Waals surface area contributed by atoms with Gasteiger partial charge in [0, 0.05) is 13.1 Å². The van der Waals surface area contributed by atoms with Crippen molar-refractivity contribution in [3.05, 3.63) is 0 Å². The van der Waals surface area contributed by atoms with Crippen LogP contribution in [0.4, 0.5) is 0 Å². The Morgan fingerprint density at radius 1 is 1.06 bits per heavy atom. The molecule has 0 spiro atoms. The van der Waals surface area contributed by atoms with Gasteiger partial charge in [-0.1, -0.05) is 19.8 Å². The highest BCUT2D eigenvalue weighted by Crippen LogP contribution is 2.29. The molecular formula is C15H31ClN2. The van der Waals surface area contributed by atoms with Crippen molar-refractivity contribution < 1.29 is 0 Å². The minimum Gasteiger partial charge on any atom is -0.319 e. The molecule has 2 nitrogen and oxygen atoms in total. The number of nitrogens with one attached hydrogen (secondary N) is 1. The van der Waals surface area contributed by atoms with E-state index >= 15 is 0 Å². The molecule has 2 aliphatic rings. The van der Waals surface area contributed by atoms with Gasteiger partial charge in [-0.05, 0) is 63.6 Å². The molecule has 1 heterocycles. The van der Waals surface area contributed by atoms with Gasteiger partial charge in [0.25, 0.3) is 0 Å². The Morgan fingerprint density at radius 3 is 2.44 bits per heavy atom. The van der Waals surface area contributed by atoms with E-state index in [4.69, 9.17) is 0 Å². The number of hydrogen-bond donors (Lipinski definition) is 1. The van der Waals surface area contributed by atoms with E-state index in [1.165, 1.54) is 64.7 Å². The average Bonchev–Trinajstić information content (AvgIpc) is 2.33. The van der Waals surface area contributed by atoms with Gasteiger partial charge in [-0.25, -0.2) is 0 Å². The molecular weight excluding hydrogens is 244 g/mol. The van der Waals surface area contributed by atoms with E-state index in [0.29, 0.717) is 0 Å². The zero-order valence-electron chi connectivity index (χ0n) is 12.2. The molecule has 0 bridgehead atoms. The fourth-order valence-electron chi connectivity index (χ4n) is 3.65. The van der Waals surface area contributed by atoms with Crippen LogP contribution in [0.2, 0.25) is 0 Å². The Bertz CT molecular complexity index is 213. The zero-order chi connectivity index (χ0) is 12.1. The molecule has 108 valence electrons. The largest absolute Gasteiger partial charge is 0.319 e. The number of hydrogen-bond acceptors (Lipinski definition) is 2. The van der Waals surface area contributed by atoms with Crippen molar-refractivity contribution in [3.63, 3.8) is 0 Å². The van der Waals surface area contributed by atoms with Crippen LogP contribution in [0.1, 0.15) is 45.4 Å². The van der Waals surface area contributed by atoms with Crippen molar-refractivity contribution >= 4 is 12.4 Å². The van der Waals surface area contributed by atoms with Gasteiger partial charge in [0.05, 0.1) is 0 Å². The number of piperidine rings is 1. The lowest BCUT2D eigenvalue weighted by atomic mass is 9.82. The Morgan fingerprint density at radius 2 is 1.78 bits per heavy atom. The first-order valence-electron chi connectivity index (χ1n) is 7.65. The van der Waals surface area contributed by atoms with Crippen LogP contribution in [0.5, 0.6) is 0 Å². The first kappa shape index (κ1) is 16.3. The second-order valence-corrected chi connectivity index (χ2v) is 6.45. The van der Waals surface area contributed by atoms with Crippen LogP contribution in [0.15, 0.2) is 0 Å². The second-order valence-electron chi connectivity index (χ2n) is 6.45. The summed E-state index contributed by atoms with van der Waals surface area (Å²) in [5.74, 6) is 2.89. The maximum atomic E-state index is 3.34. The van der Waals surface area contributed by atoms with E-state index in [9.17, 15) is 0 Å². The topological polar surface area (TPSA) is 15.3 Å². The third-order valence-electron chi connectivity index (χ3n) is 4.75. The summed E-state index contributed by atoms with van der Waals surface area (Å²) in [6.07, 6.45) is 8.74. The Hall–Kier alpha value is 0.210. The highest BCUT2D eigenvalue weighted by molar-refractivity contribution is 5.85. The van der Waals surface area contributed by atoms with Crippen LogP contribution in [0.3, 0.4) is 0 Å². The summed E-state index contributed by atoms with van der Waals surface area (Å²) >= 11 is 0. The van der Waals surface area contributed by atoms with Gasteiger partial charge in [-0.2, -0.15) is 0 Å². The minimum atomic E-state index is 0. The van der Waals surface area contributed by atoms with Gasteiger partial charge >= 0.3 is 0 Å². The molecule has 0 aromatic carbocycles. The molecule has 2 rings (SSSR count). The number of halogens is 1. The molecule has 1 N–H and O–H groups in total. The average molecular weight is 275 g/mol. The fourth-order valence-corrected chi connectivity index (χ4v) is 3.65. The molecule has 1 atom stereocenters. The summed E-state index contributed by atoms with van der Waals surface area (Å²) in [6, 6.07) is 0. The molecule has 0 radical (unpaired) electrons. The Labute approximate surface area is 119 Å². The maximum absolute atomic E-state index is 3.34. The molecule has 18 heavy (non-hydrogen) atoms. The van der Waals surface area contributed by atoms with Crippen molar-refractivity contribution in [3.8, 4) is 0 Å². The molecule has 1 saturated heterocycles. The van der Waals surface area contributed by atoms with Gasteiger partial charge in [0.15, 0.2) is 0 Å². The molecule has 1 saturated carbocycles. The van der Waals surface area contributed by atoms with E-state index in [0.717, 1.165) is 17.8 Å². The fraction of sp³-hybridized carbons (Fsp3) is 1.00. The quantitative estimate of drug-likeness (QED) is 0.847. The van der Waals surface area contributed by atoms with E-state index < -0.39 is 0 Å². The summed E-state index contributed by atoms with van der Waals surface area (Å²) in [7, 11) is 2.08. The molecule has 1 aliphatic heterocycles. The van der Waals surface area contributed by atoms with Crippen LogP contribution in [0, 0.1) is 17.8 Å². The predicted molar refractivity (Wildman–Crippen MR) is 81.5 cm³/mol. The SMILES string of the molecule is CNCC1CCCN(CC2CCC(C)CC2)C1.Cl. The standard InChI is InChI=1S/C15H30N2.ClH/c1-13-5-7-14(8-6-13)11-17-9-3-4-15(12-17)10-16-2;/h13-16H,3-12H2,1-2H3;1H. The van der Waals surface area contributed by atoms with Crippen LogP contribution in [0.25, 0.3) is 0 Å². The van der Waals surface area contributed by atoms with Crippen molar-refractivity contribution in [2.45, 2.75) is 45.4 Å². The van der Waals surface area contributed by atoms with Gasteiger partial charge in [-0.3, -0.25) is 0 Å². The van der Waals surface area contributed by atoms with Crippen LogP contribution in [-0.4, -0.2) is 38.1 Å².